The first-order valence-electron chi connectivity index (χ1n) is 7.35. The van der Waals surface area contributed by atoms with Crippen LogP contribution in [0.3, 0.4) is 0 Å². The summed E-state index contributed by atoms with van der Waals surface area (Å²) in [5.74, 6) is -0.295. The number of aryl methyl sites for hydroxylation is 3. The van der Waals surface area contributed by atoms with Crippen LogP contribution in [-0.4, -0.2) is 20.4 Å². The Hall–Kier alpha value is -2.22. The maximum atomic E-state index is 12.2. The minimum Gasteiger partial charge on any atom is -0.345 e. The van der Waals surface area contributed by atoms with E-state index in [1.807, 2.05) is 20.8 Å². The molecule has 1 atom stereocenters. The fourth-order valence-corrected chi connectivity index (χ4v) is 3.17. The highest BCUT2D eigenvalue weighted by Gasteiger charge is 2.18. The van der Waals surface area contributed by atoms with Crippen molar-refractivity contribution in [3.63, 3.8) is 0 Å². The standard InChI is InChI=1S/C15H20N4O3S/c1-5-11(14-16-9(3)10(4)23-14)17-12(20)7-19-6-8(2)13(21)18-15(19)22/h6,11H,5,7H2,1-4H3,(H,17,20)(H,18,21,22). The number of rotatable bonds is 5. The van der Waals surface area contributed by atoms with Crippen LogP contribution in [0.2, 0.25) is 0 Å². The van der Waals surface area contributed by atoms with Crippen molar-refractivity contribution in [1.82, 2.24) is 19.9 Å². The minimum atomic E-state index is -0.593. The SMILES string of the molecule is CCC(NC(=O)Cn1cc(C)c(=O)[nH]c1=O)c1nc(C)c(C)s1. The van der Waals surface area contributed by atoms with Crippen LogP contribution in [0.25, 0.3) is 0 Å². The topological polar surface area (TPSA) is 96.9 Å². The smallest absolute Gasteiger partial charge is 0.328 e. The first-order chi connectivity index (χ1) is 10.8. The maximum absolute atomic E-state index is 12.2. The molecule has 2 aromatic heterocycles. The predicted molar refractivity (Wildman–Crippen MR) is 88.8 cm³/mol. The van der Waals surface area contributed by atoms with E-state index in [9.17, 15) is 14.4 Å². The van der Waals surface area contributed by atoms with Crippen molar-refractivity contribution >= 4 is 17.2 Å². The van der Waals surface area contributed by atoms with Gasteiger partial charge in [-0.05, 0) is 27.2 Å². The van der Waals surface area contributed by atoms with Gasteiger partial charge in [0.25, 0.3) is 5.56 Å². The average molecular weight is 336 g/mol. The molecular weight excluding hydrogens is 316 g/mol. The average Bonchev–Trinajstić information content (AvgIpc) is 2.81. The van der Waals surface area contributed by atoms with E-state index in [0.29, 0.717) is 12.0 Å². The molecule has 0 aliphatic rings. The summed E-state index contributed by atoms with van der Waals surface area (Å²) in [4.78, 5) is 43.1. The summed E-state index contributed by atoms with van der Waals surface area (Å²) in [6.45, 7) is 7.34. The van der Waals surface area contributed by atoms with Crippen LogP contribution < -0.4 is 16.6 Å². The second-order valence-electron chi connectivity index (χ2n) is 5.42. The summed E-state index contributed by atoms with van der Waals surface area (Å²) in [5, 5.41) is 3.75. The van der Waals surface area contributed by atoms with E-state index in [2.05, 4.69) is 15.3 Å². The molecule has 2 heterocycles. The van der Waals surface area contributed by atoms with Gasteiger partial charge in [-0.2, -0.15) is 0 Å². The first kappa shape index (κ1) is 17.1. The normalized spacial score (nSPS) is 12.2. The van der Waals surface area contributed by atoms with Crippen molar-refractivity contribution in [2.24, 2.45) is 0 Å². The molecule has 7 nitrogen and oxygen atoms in total. The van der Waals surface area contributed by atoms with E-state index in [4.69, 9.17) is 0 Å². The van der Waals surface area contributed by atoms with Crippen molar-refractivity contribution < 1.29 is 4.79 Å². The third kappa shape index (κ3) is 3.95. The summed E-state index contributed by atoms with van der Waals surface area (Å²) < 4.78 is 1.19. The Morgan fingerprint density at radius 2 is 2.09 bits per heavy atom. The van der Waals surface area contributed by atoms with Crippen molar-refractivity contribution in [3.8, 4) is 0 Å². The Morgan fingerprint density at radius 3 is 2.65 bits per heavy atom. The predicted octanol–water partition coefficient (Wildman–Crippen LogP) is 1.19. The van der Waals surface area contributed by atoms with Gasteiger partial charge < -0.3 is 5.32 Å². The van der Waals surface area contributed by atoms with Crippen LogP contribution in [0.15, 0.2) is 15.8 Å². The number of thiazole rings is 1. The zero-order chi connectivity index (χ0) is 17.1. The maximum Gasteiger partial charge on any atom is 0.328 e. The largest absolute Gasteiger partial charge is 0.345 e. The second kappa shape index (κ2) is 6.91. The number of aromatic nitrogens is 3. The highest BCUT2D eigenvalue weighted by atomic mass is 32.1. The Bertz CT molecular complexity index is 814. The minimum absolute atomic E-state index is 0.143. The van der Waals surface area contributed by atoms with Gasteiger partial charge >= 0.3 is 5.69 Å². The number of H-pyrrole nitrogens is 1. The van der Waals surface area contributed by atoms with E-state index in [1.165, 1.54) is 10.8 Å². The van der Waals surface area contributed by atoms with Crippen molar-refractivity contribution in [2.45, 2.75) is 46.7 Å². The molecule has 1 unspecified atom stereocenters. The molecule has 0 radical (unpaired) electrons. The molecule has 2 rings (SSSR count). The Balaban J connectivity index is 2.13. The Kier molecular flexibility index (Phi) is 5.15. The molecule has 0 saturated carbocycles. The molecule has 0 fully saturated rings. The lowest BCUT2D eigenvalue weighted by molar-refractivity contribution is -0.122. The van der Waals surface area contributed by atoms with E-state index in [-0.39, 0.29) is 18.5 Å². The van der Waals surface area contributed by atoms with Crippen LogP contribution in [0.5, 0.6) is 0 Å². The number of carbonyl (C=O) groups is 1. The summed E-state index contributed by atoms with van der Waals surface area (Å²) in [5.41, 5.74) is 0.317. The van der Waals surface area contributed by atoms with E-state index < -0.39 is 11.2 Å². The van der Waals surface area contributed by atoms with Crippen molar-refractivity contribution in [1.29, 1.82) is 0 Å². The molecule has 0 aromatic carbocycles. The third-order valence-corrected chi connectivity index (χ3v) is 4.78. The van der Waals surface area contributed by atoms with Gasteiger partial charge in [-0.15, -0.1) is 11.3 Å². The van der Waals surface area contributed by atoms with Gasteiger partial charge in [0.15, 0.2) is 0 Å². The molecule has 0 saturated heterocycles. The van der Waals surface area contributed by atoms with Gasteiger partial charge in [-0.1, -0.05) is 6.92 Å². The van der Waals surface area contributed by atoms with Gasteiger partial charge in [0.2, 0.25) is 5.91 Å². The lowest BCUT2D eigenvalue weighted by Crippen LogP contribution is -2.37. The van der Waals surface area contributed by atoms with Crippen LogP contribution in [0, 0.1) is 20.8 Å². The number of hydrogen-bond acceptors (Lipinski definition) is 5. The third-order valence-electron chi connectivity index (χ3n) is 3.59. The Labute approximate surface area is 137 Å². The number of amides is 1. The molecule has 23 heavy (non-hydrogen) atoms. The Morgan fingerprint density at radius 1 is 1.39 bits per heavy atom. The van der Waals surface area contributed by atoms with Gasteiger partial charge in [-0.3, -0.25) is 19.1 Å². The van der Waals surface area contributed by atoms with Gasteiger partial charge in [-0.25, -0.2) is 9.78 Å². The molecule has 0 aliphatic carbocycles. The quantitative estimate of drug-likeness (QED) is 0.857. The lowest BCUT2D eigenvalue weighted by Gasteiger charge is -2.15. The van der Waals surface area contributed by atoms with E-state index >= 15 is 0 Å². The van der Waals surface area contributed by atoms with Gasteiger partial charge in [0.1, 0.15) is 11.6 Å². The number of carbonyl (C=O) groups excluding carboxylic acids is 1. The van der Waals surface area contributed by atoms with E-state index in [0.717, 1.165) is 15.6 Å². The highest BCUT2D eigenvalue weighted by molar-refractivity contribution is 7.11. The van der Waals surface area contributed by atoms with Gasteiger partial charge in [0, 0.05) is 16.6 Å². The summed E-state index contributed by atoms with van der Waals surface area (Å²) in [6, 6.07) is -0.181. The van der Waals surface area contributed by atoms with E-state index in [1.54, 1.807) is 18.3 Å². The van der Waals surface area contributed by atoms with Gasteiger partial charge in [0.05, 0.1) is 11.7 Å². The number of nitrogens with one attached hydrogen (secondary N) is 2. The fourth-order valence-electron chi connectivity index (χ4n) is 2.12. The lowest BCUT2D eigenvalue weighted by atomic mass is 10.2. The summed E-state index contributed by atoms with van der Waals surface area (Å²) >= 11 is 1.56. The van der Waals surface area contributed by atoms with Crippen molar-refractivity contribution in [3.05, 3.63) is 48.2 Å². The molecular formula is C15H20N4O3S. The zero-order valence-electron chi connectivity index (χ0n) is 13.6. The second-order valence-corrected chi connectivity index (χ2v) is 6.66. The number of hydrogen-bond donors (Lipinski definition) is 2. The summed E-state index contributed by atoms with van der Waals surface area (Å²) in [6.07, 6.45) is 2.09. The van der Waals surface area contributed by atoms with Crippen molar-refractivity contribution in [2.75, 3.05) is 0 Å². The molecule has 1 amide bonds. The van der Waals surface area contributed by atoms with Crippen LogP contribution in [0.4, 0.5) is 0 Å². The molecule has 0 aliphatic heterocycles. The highest BCUT2D eigenvalue weighted by Crippen LogP contribution is 2.24. The first-order valence-corrected chi connectivity index (χ1v) is 8.17. The number of aromatic amines is 1. The molecule has 0 bridgehead atoms. The van der Waals surface area contributed by atoms with Crippen LogP contribution in [0.1, 0.15) is 40.5 Å². The fraction of sp³-hybridized carbons (Fsp3) is 0.467. The molecule has 2 aromatic rings. The molecule has 124 valence electrons. The molecule has 8 heteroatoms. The summed E-state index contributed by atoms with van der Waals surface area (Å²) in [7, 11) is 0. The molecule has 2 N–H and O–H groups in total. The molecule has 0 spiro atoms. The van der Waals surface area contributed by atoms with Crippen LogP contribution in [-0.2, 0) is 11.3 Å². The number of nitrogens with zero attached hydrogens (tertiary/aromatic N) is 2. The van der Waals surface area contributed by atoms with Crippen LogP contribution >= 0.6 is 11.3 Å². The zero-order valence-corrected chi connectivity index (χ0v) is 14.4. The monoisotopic (exact) mass is 336 g/mol.